The summed E-state index contributed by atoms with van der Waals surface area (Å²) in [6.45, 7) is 5.58. The lowest BCUT2D eigenvalue weighted by Gasteiger charge is -2.26. The lowest BCUT2D eigenvalue weighted by Crippen LogP contribution is -2.38. The van der Waals surface area contributed by atoms with E-state index < -0.39 is 0 Å². The van der Waals surface area contributed by atoms with Gasteiger partial charge >= 0.3 is 0 Å². The van der Waals surface area contributed by atoms with Gasteiger partial charge in [-0.1, -0.05) is 23.5 Å². The fourth-order valence-electron chi connectivity index (χ4n) is 2.32. The molecule has 18 heavy (non-hydrogen) atoms. The van der Waals surface area contributed by atoms with Crippen LogP contribution >= 0.6 is 11.3 Å². The number of benzene rings is 1. The Bertz CT molecular complexity index is 583. The number of hydrogen-bond donors (Lipinski definition) is 1. The fourth-order valence-corrected chi connectivity index (χ4v) is 3.26. The van der Waals surface area contributed by atoms with Crippen LogP contribution in [0.1, 0.15) is 0 Å². The topological polar surface area (TPSA) is 41.2 Å². The molecule has 0 unspecified atom stereocenters. The molecule has 3 rings (SSSR count). The van der Waals surface area contributed by atoms with E-state index in [-0.39, 0.29) is 0 Å². The Morgan fingerprint density at radius 2 is 1.94 bits per heavy atom. The van der Waals surface area contributed by atoms with Crippen LogP contribution in [0.3, 0.4) is 0 Å². The van der Waals surface area contributed by atoms with Crippen LogP contribution < -0.4 is 4.80 Å². The van der Waals surface area contributed by atoms with Gasteiger partial charge in [0.1, 0.15) is 0 Å². The number of aromatic nitrogens is 1. The molecule has 1 N–H and O–H groups in total. The van der Waals surface area contributed by atoms with Gasteiger partial charge in [-0.2, -0.15) is 0 Å². The molecule has 4 nitrogen and oxygen atoms in total. The first-order valence-electron chi connectivity index (χ1n) is 6.28. The first kappa shape index (κ1) is 11.9. The minimum atomic E-state index is 0.643. The highest BCUT2D eigenvalue weighted by Crippen LogP contribution is 2.16. The van der Waals surface area contributed by atoms with Crippen molar-refractivity contribution in [1.29, 1.82) is 5.41 Å². The van der Waals surface area contributed by atoms with Crippen LogP contribution in [0.4, 0.5) is 0 Å². The van der Waals surface area contributed by atoms with Crippen molar-refractivity contribution in [3.63, 3.8) is 0 Å². The number of nitrogens with one attached hydrogen (secondary N) is 1. The minimum Gasteiger partial charge on any atom is -0.379 e. The molecule has 0 bridgehead atoms. The van der Waals surface area contributed by atoms with Crippen molar-refractivity contribution >= 4 is 21.6 Å². The maximum Gasteiger partial charge on any atom is 0.182 e. The molecule has 0 atom stereocenters. The summed E-state index contributed by atoms with van der Waals surface area (Å²) in [5.41, 5.74) is 1.18. The first-order valence-corrected chi connectivity index (χ1v) is 7.09. The number of morpholine rings is 1. The Labute approximate surface area is 110 Å². The van der Waals surface area contributed by atoms with E-state index in [2.05, 4.69) is 21.6 Å². The maximum absolute atomic E-state index is 8.05. The molecular formula is C13H17N3OS. The van der Waals surface area contributed by atoms with Gasteiger partial charge in [-0.25, -0.2) is 0 Å². The highest BCUT2D eigenvalue weighted by Gasteiger charge is 2.11. The van der Waals surface area contributed by atoms with Crippen molar-refractivity contribution < 1.29 is 4.74 Å². The Morgan fingerprint density at radius 3 is 2.78 bits per heavy atom. The highest BCUT2D eigenvalue weighted by atomic mass is 32.1. The van der Waals surface area contributed by atoms with Crippen molar-refractivity contribution in [3.05, 3.63) is 29.1 Å². The van der Waals surface area contributed by atoms with Crippen molar-refractivity contribution in [2.24, 2.45) is 0 Å². The molecule has 1 fully saturated rings. The van der Waals surface area contributed by atoms with E-state index in [0.29, 0.717) is 4.80 Å². The number of rotatable bonds is 3. The second-order valence-electron chi connectivity index (χ2n) is 4.48. The maximum atomic E-state index is 8.05. The second kappa shape index (κ2) is 5.22. The Hall–Kier alpha value is -1.17. The average Bonchev–Trinajstić information content (AvgIpc) is 2.73. The zero-order chi connectivity index (χ0) is 12.4. The van der Waals surface area contributed by atoms with E-state index in [1.807, 2.05) is 12.1 Å². The molecule has 2 aromatic rings. The predicted octanol–water partition coefficient (Wildman–Crippen LogP) is 1.51. The molecular weight excluding hydrogens is 246 g/mol. The molecule has 1 aliphatic rings. The van der Waals surface area contributed by atoms with Crippen LogP contribution in [0.2, 0.25) is 0 Å². The lowest BCUT2D eigenvalue weighted by molar-refractivity contribution is 0.0364. The molecule has 1 saturated heterocycles. The van der Waals surface area contributed by atoms with Gasteiger partial charge in [-0.15, -0.1) is 0 Å². The summed E-state index contributed by atoms with van der Waals surface area (Å²) < 4.78 is 8.65. The third-order valence-electron chi connectivity index (χ3n) is 3.35. The quantitative estimate of drug-likeness (QED) is 0.912. The Balaban J connectivity index is 1.77. The van der Waals surface area contributed by atoms with E-state index in [1.54, 1.807) is 11.3 Å². The van der Waals surface area contributed by atoms with Crippen LogP contribution in [0, 0.1) is 5.41 Å². The molecule has 0 radical (unpaired) electrons. The molecule has 1 aromatic heterocycles. The Morgan fingerprint density at radius 1 is 1.17 bits per heavy atom. The standard InChI is InChI=1S/C13H17N3OS/c14-13-16(6-5-15-7-9-17-10-8-15)11-3-1-2-4-12(11)18-13/h1-4,14H,5-10H2. The smallest absolute Gasteiger partial charge is 0.182 e. The van der Waals surface area contributed by atoms with Crippen molar-refractivity contribution in [3.8, 4) is 0 Å². The average molecular weight is 263 g/mol. The molecule has 96 valence electrons. The van der Waals surface area contributed by atoms with Crippen molar-refractivity contribution in [2.45, 2.75) is 6.54 Å². The summed E-state index contributed by atoms with van der Waals surface area (Å²) in [5.74, 6) is 0. The summed E-state index contributed by atoms with van der Waals surface area (Å²) >= 11 is 1.55. The number of fused-ring (bicyclic) bond motifs is 1. The molecule has 2 heterocycles. The molecule has 5 heteroatoms. The summed E-state index contributed by atoms with van der Waals surface area (Å²) in [5, 5.41) is 8.05. The summed E-state index contributed by atoms with van der Waals surface area (Å²) in [7, 11) is 0. The number of hydrogen-bond acceptors (Lipinski definition) is 4. The third-order valence-corrected chi connectivity index (χ3v) is 4.33. The summed E-state index contributed by atoms with van der Waals surface area (Å²) in [4.78, 5) is 3.05. The molecule has 1 aliphatic heterocycles. The molecule has 0 saturated carbocycles. The van der Waals surface area contributed by atoms with Crippen LogP contribution in [0.15, 0.2) is 24.3 Å². The number of para-hydroxylation sites is 1. The van der Waals surface area contributed by atoms with E-state index in [4.69, 9.17) is 10.1 Å². The zero-order valence-corrected chi connectivity index (χ0v) is 11.1. The van der Waals surface area contributed by atoms with E-state index in [1.165, 1.54) is 10.2 Å². The zero-order valence-electron chi connectivity index (χ0n) is 10.3. The van der Waals surface area contributed by atoms with Crippen molar-refractivity contribution in [1.82, 2.24) is 9.47 Å². The third kappa shape index (κ3) is 2.34. The van der Waals surface area contributed by atoms with Gasteiger partial charge in [-0.3, -0.25) is 10.3 Å². The van der Waals surface area contributed by atoms with Gasteiger partial charge in [-0.05, 0) is 12.1 Å². The highest BCUT2D eigenvalue weighted by molar-refractivity contribution is 7.16. The van der Waals surface area contributed by atoms with Gasteiger partial charge in [0.2, 0.25) is 0 Å². The second-order valence-corrected chi connectivity index (χ2v) is 5.51. The normalized spacial score (nSPS) is 17.3. The van der Waals surface area contributed by atoms with Crippen molar-refractivity contribution in [2.75, 3.05) is 32.8 Å². The molecule has 1 aromatic carbocycles. The van der Waals surface area contributed by atoms with Gasteiger partial charge < -0.3 is 9.30 Å². The van der Waals surface area contributed by atoms with Gasteiger partial charge in [0, 0.05) is 26.2 Å². The van der Waals surface area contributed by atoms with E-state index in [9.17, 15) is 0 Å². The number of ether oxygens (including phenoxy) is 1. The van der Waals surface area contributed by atoms with Gasteiger partial charge in [0.15, 0.2) is 4.80 Å². The van der Waals surface area contributed by atoms with Crippen LogP contribution in [-0.2, 0) is 11.3 Å². The van der Waals surface area contributed by atoms with Crippen LogP contribution in [0.25, 0.3) is 10.2 Å². The summed E-state index contributed by atoms with van der Waals surface area (Å²) in [6.07, 6.45) is 0. The van der Waals surface area contributed by atoms with E-state index in [0.717, 1.165) is 39.4 Å². The SMILES string of the molecule is N=c1sc2ccccc2n1CCN1CCOCC1. The Kier molecular flexibility index (Phi) is 3.45. The number of thiazole rings is 1. The van der Waals surface area contributed by atoms with Gasteiger partial charge in [0.05, 0.1) is 23.4 Å². The monoisotopic (exact) mass is 263 g/mol. The molecule has 0 amide bonds. The van der Waals surface area contributed by atoms with E-state index >= 15 is 0 Å². The largest absolute Gasteiger partial charge is 0.379 e. The predicted molar refractivity (Wildman–Crippen MR) is 72.9 cm³/mol. The fraction of sp³-hybridized carbons (Fsp3) is 0.462. The molecule has 0 spiro atoms. The minimum absolute atomic E-state index is 0.643. The van der Waals surface area contributed by atoms with Crippen LogP contribution in [0.5, 0.6) is 0 Å². The van der Waals surface area contributed by atoms with Gasteiger partial charge in [0.25, 0.3) is 0 Å². The summed E-state index contributed by atoms with van der Waals surface area (Å²) in [6, 6.07) is 8.26. The molecule has 0 aliphatic carbocycles. The first-order chi connectivity index (χ1) is 8.84. The number of nitrogens with zero attached hydrogens (tertiary/aromatic N) is 2. The van der Waals surface area contributed by atoms with Crippen LogP contribution in [-0.4, -0.2) is 42.3 Å². The lowest BCUT2D eigenvalue weighted by atomic mass is 10.3.